The van der Waals surface area contributed by atoms with E-state index in [1.807, 2.05) is 27.7 Å². The zero-order valence-electron chi connectivity index (χ0n) is 25.4. The van der Waals surface area contributed by atoms with Crippen molar-refractivity contribution < 1.29 is 24.0 Å². The molecular formula is C31H51N5O5. The maximum Gasteiger partial charge on any atom is 0.289 e. The molecule has 1 saturated heterocycles. The van der Waals surface area contributed by atoms with E-state index in [0.717, 1.165) is 64.2 Å². The molecule has 0 aromatic rings. The number of hydrogen-bond acceptors (Lipinski definition) is 6. The lowest BCUT2D eigenvalue weighted by atomic mass is 9.82. The molecule has 41 heavy (non-hydrogen) atoms. The third-order valence-corrected chi connectivity index (χ3v) is 9.65. The summed E-state index contributed by atoms with van der Waals surface area (Å²) in [5.74, 6) is -2.02. The second kappa shape index (κ2) is 13.2. The SMILES string of the molecule is CCC[C@H](NC(=O)[C@@H]1[C@H]2CCC[C@H]2CN1C(=O)[C@@H](NC(=O)[C@@H](N)C1CCCCC1)C(C)(C)C)C(=O)C(=O)NC1CC1. The van der Waals surface area contributed by atoms with E-state index in [1.54, 1.807) is 4.90 Å². The van der Waals surface area contributed by atoms with Gasteiger partial charge in [0, 0.05) is 12.6 Å². The normalized spacial score (nSPS) is 27.0. The lowest BCUT2D eigenvalue weighted by Crippen LogP contribution is -2.61. The lowest BCUT2D eigenvalue weighted by molar-refractivity contribution is -0.146. The van der Waals surface area contributed by atoms with Crippen molar-refractivity contribution in [3.63, 3.8) is 0 Å². The number of rotatable bonds is 11. The molecule has 3 saturated carbocycles. The van der Waals surface area contributed by atoms with Gasteiger partial charge in [0.15, 0.2) is 0 Å². The van der Waals surface area contributed by atoms with E-state index in [2.05, 4.69) is 16.0 Å². The van der Waals surface area contributed by atoms with Crippen molar-refractivity contribution in [1.29, 1.82) is 0 Å². The first-order valence-corrected chi connectivity index (χ1v) is 15.9. The molecule has 1 heterocycles. The molecule has 0 unspecified atom stereocenters. The van der Waals surface area contributed by atoms with Crippen molar-refractivity contribution in [2.24, 2.45) is 28.9 Å². The molecule has 0 spiro atoms. The molecule has 10 heteroatoms. The highest BCUT2D eigenvalue weighted by atomic mass is 16.2. The van der Waals surface area contributed by atoms with Crippen molar-refractivity contribution >= 4 is 29.4 Å². The number of carbonyl (C=O) groups excluding carboxylic acids is 5. The average Bonchev–Trinajstić information content (AvgIpc) is 3.50. The maximum atomic E-state index is 14.2. The van der Waals surface area contributed by atoms with E-state index in [1.165, 1.54) is 0 Å². The molecule has 0 aromatic heterocycles. The largest absolute Gasteiger partial charge is 0.347 e. The minimum absolute atomic E-state index is 0.0163. The molecule has 4 aliphatic rings. The van der Waals surface area contributed by atoms with Gasteiger partial charge in [0.1, 0.15) is 12.1 Å². The van der Waals surface area contributed by atoms with Gasteiger partial charge in [-0.2, -0.15) is 0 Å². The zero-order chi connectivity index (χ0) is 29.9. The smallest absolute Gasteiger partial charge is 0.289 e. The fraction of sp³-hybridized carbons (Fsp3) is 0.839. The summed E-state index contributed by atoms with van der Waals surface area (Å²) in [5, 5.41) is 8.57. The molecule has 4 rings (SSSR count). The van der Waals surface area contributed by atoms with Crippen LogP contribution in [-0.2, 0) is 24.0 Å². The number of Topliss-reactive ketones (excluding diaryl/α,β-unsaturated/α-hetero) is 1. The molecule has 0 aromatic carbocycles. The van der Waals surface area contributed by atoms with Gasteiger partial charge in [-0.05, 0) is 68.1 Å². The minimum atomic E-state index is -0.935. The number of nitrogens with zero attached hydrogens (tertiary/aromatic N) is 1. The van der Waals surface area contributed by atoms with Crippen LogP contribution in [0.2, 0.25) is 0 Å². The molecule has 3 aliphatic carbocycles. The Balaban J connectivity index is 1.51. The first-order chi connectivity index (χ1) is 19.4. The number of likely N-dealkylation sites (tertiary alicyclic amines) is 1. The Hall–Kier alpha value is -2.49. The van der Waals surface area contributed by atoms with E-state index in [4.69, 9.17) is 5.73 Å². The lowest BCUT2D eigenvalue weighted by Gasteiger charge is -2.37. The molecule has 5 N–H and O–H groups in total. The van der Waals surface area contributed by atoms with Crippen LogP contribution in [0.5, 0.6) is 0 Å². The van der Waals surface area contributed by atoms with Crippen LogP contribution < -0.4 is 21.7 Å². The Morgan fingerprint density at radius 1 is 0.902 bits per heavy atom. The van der Waals surface area contributed by atoms with Crippen LogP contribution in [0, 0.1) is 23.2 Å². The van der Waals surface area contributed by atoms with Crippen LogP contribution >= 0.6 is 0 Å². The molecule has 230 valence electrons. The van der Waals surface area contributed by atoms with Gasteiger partial charge in [-0.3, -0.25) is 24.0 Å². The van der Waals surface area contributed by atoms with Gasteiger partial charge in [0.25, 0.3) is 5.91 Å². The third-order valence-electron chi connectivity index (χ3n) is 9.65. The quantitative estimate of drug-likeness (QED) is 0.278. The third kappa shape index (κ3) is 7.48. The Kier molecular flexibility index (Phi) is 10.1. The number of ketones is 1. The predicted octanol–water partition coefficient (Wildman–Crippen LogP) is 2.18. The van der Waals surface area contributed by atoms with Crippen molar-refractivity contribution in [3.8, 4) is 0 Å². The summed E-state index contributed by atoms with van der Waals surface area (Å²) >= 11 is 0. The van der Waals surface area contributed by atoms with Gasteiger partial charge >= 0.3 is 0 Å². The fourth-order valence-corrected chi connectivity index (χ4v) is 7.09. The summed E-state index contributed by atoms with van der Waals surface area (Å²) in [6.45, 7) is 8.05. The highest BCUT2D eigenvalue weighted by Gasteiger charge is 2.52. The number of nitrogens with two attached hydrogens (primary N) is 1. The van der Waals surface area contributed by atoms with Gasteiger partial charge in [-0.15, -0.1) is 0 Å². The van der Waals surface area contributed by atoms with Gasteiger partial charge in [0.2, 0.25) is 23.5 Å². The Labute approximate surface area is 244 Å². The number of carbonyl (C=O) groups is 5. The van der Waals surface area contributed by atoms with E-state index >= 15 is 0 Å². The minimum Gasteiger partial charge on any atom is -0.347 e. The number of amides is 4. The topological polar surface area (TPSA) is 151 Å². The summed E-state index contributed by atoms with van der Waals surface area (Å²) < 4.78 is 0. The predicted molar refractivity (Wildman–Crippen MR) is 155 cm³/mol. The highest BCUT2D eigenvalue weighted by molar-refractivity contribution is 6.38. The molecule has 0 bridgehead atoms. The van der Waals surface area contributed by atoms with Gasteiger partial charge in [-0.1, -0.05) is 59.8 Å². The Morgan fingerprint density at radius 3 is 2.20 bits per heavy atom. The van der Waals surface area contributed by atoms with E-state index in [-0.39, 0.29) is 35.6 Å². The second-order valence-electron chi connectivity index (χ2n) is 14.0. The van der Waals surface area contributed by atoms with Crippen LogP contribution in [-0.4, -0.2) is 71.1 Å². The van der Waals surface area contributed by atoms with Crippen LogP contribution in [0.1, 0.15) is 105 Å². The standard InChI is InChI=1S/C31H51N5O5/c1-5-10-22(25(37)29(40)33-20-15-16-20)34-28(39)24-21-14-9-13-19(21)17-36(24)30(41)26(31(2,3)4)35-27(38)23(32)18-11-7-6-8-12-18/h18-24,26H,5-17,32H2,1-4H3,(H,33,40)(H,34,39)(H,35,38)/t19-,21-,22-,23-,24-,26+/m0/s1. The fourth-order valence-electron chi connectivity index (χ4n) is 7.09. The first-order valence-electron chi connectivity index (χ1n) is 15.9. The second-order valence-corrected chi connectivity index (χ2v) is 14.0. The summed E-state index contributed by atoms with van der Waals surface area (Å²) in [5.41, 5.74) is 5.78. The van der Waals surface area contributed by atoms with E-state index in [0.29, 0.717) is 19.4 Å². The first kappa shape index (κ1) is 31.4. The average molecular weight is 574 g/mol. The number of fused-ring (bicyclic) bond motifs is 1. The highest BCUT2D eigenvalue weighted by Crippen LogP contribution is 2.43. The zero-order valence-corrected chi connectivity index (χ0v) is 25.4. The van der Waals surface area contributed by atoms with Crippen molar-refractivity contribution in [1.82, 2.24) is 20.9 Å². The van der Waals surface area contributed by atoms with E-state index in [9.17, 15) is 24.0 Å². The summed E-state index contributed by atoms with van der Waals surface area (Å²) in [4.78, 5) is 68.5. The monoisotopic (exact) mass is 573 g/mol. The maximum absolute atomic E-state index is 14.2. The number of hydrogen-bond donors (Lipinski definition) is 4. The van der Waals surface area contributed by atoms with Crippen LogP contribution in [0.25, 0.3) is 0 Å². The molecule has 6 atom stereocenters. The Bertz CT molecular complexity index is 999. The van der Waals surface area contributed by atoms with Crippen molar-refractivity contribution in [2.75, 3.05) is 6.54 Å². The number of nitrogens with one attached hydrogen (secondary N) is 3. The van der Waals surface area contributed by atoms with Crippen LogP contribution in [0.15, 0.2) is 0 Å². The van der Waals surface area contributed by atoms with E-state index < -0.39 is 47.2 Å². The Morgan fingerprint density at radius 2 is 1.59 bits per heavy atom. The van der Waals surface area contributed by atoms with Crippen molar-refractivity contribution in [2.45, 2.75) is 135 Å². The van der Waals surface area contributed by atoms with Crippen LogP contribution in [0.4, 0.5) is 0 Å². The molecule has 1 aliphatic heterocycles. The van der Waals surface area contributed by atoms with Crippen molar-refractivity contribution in [3.05, 3.63) is 0 Å². The molecule has 10 nitrogen and oxygen atoms in total. The summed E-state index contributed by atoms with van der Waals surface area (Å²) in [6.07, 6.45) is 10.5. The summed E-state index contributed by atoms with van der Waals surface area (Å²) in [7, 11) is 0. The summed E-state index contributed by atoms with van der Waals surface area (Å²) in [6, 6.07) is -3.16. The van der Waals surface area contributed by atoms with Gasteiger partial charge in [0.05, 0.1) is 12.1 Å². The molecule has 0 radical (unpaired) electrons. The van der Waals surface area contributed by atoms with Gasteiger partial charge < -0.3 is 26.6 Å². The van der Waals surface area contributed by atoms with Gasteiger partial charge in [-0.25, -0.2) is 0 Å². The molecule has 4 fully saturated rings. The van der Waals surface area contributed by atoms with Crippen LogP contribution in [0.3, 0.4) is 0 Å². The molecular weight excluding hydrogens is 522 g/mol. The molecule has 4 amide bonds.